The lowest BCUT2D eigenvalue weighted by Crippen LogP contribution is -2.16. The second kappa shape index (κ2) is 4.90. The first kappa shape index (κ1) is 13.4. The van der Waals surface area contributed by atoms with Crippen molar-refractivity contribution in [1.29, 1.82) is 0 Å². The number of H-pyrrole nitrogens is 1. The van der Waals surface area contributed by atoms with E-state index in [1.807, 2.05) is 0 Å². The molecule has 0 bridgehead atoms. The Morgan fingerprint density at radius 1 is 1.26 bits per heavy atom. The number of nitrogens with one attached hydrogen (secondary N) is 2. The minimum absolute atomic E-state index is 0.00285. The van der Waals surface area contributed by atoms with E-state index in [1.54, 1.807) is 0 Å². The van der Waals surface area contributed by atoms with Crippen LogP contribution in [0.4, 0.5) is 11.5 Å². The molecule has 0 atom stereocenters. The zero-order valence-corrected chi connectivity index (χ0v) is 11.0. The largest absolute Gasteiger partial charge is 0.399 e. The summed E-state index contributed by atoms with van der Waals surface area (Å²) in [5, 5.41) is 5.65. The molecule has 0 fully saturated rings. The number of hydrogen-bond donors (Lipinski definition) is 3. The molecule has 0 unspecified atom stereocenters. The van der Waals surface area contributed by atoms with E-state index >= 15 is 0 Å². The van der Waals surface area contributed by atoms with Gasteiger partial charge in [-0.1, -0.05) is 11.6 Å². The lowest BCUT2D eigenvalue weighted by Gasteiger charge is -2.08. The molecule has 1 aromatic carbocycles. The molecule has 0 amide bonds. The highest BCUT2D eigenvalue weighted by molar-refractivity contribution is 7.92. The van der Waals surface area contributed by atoms with Gasteiger partial charge in [-0.05, 0) is 24.3 Å². The van der Waals surface area contributed by atoms with Crippen molar-refractivity contribution in [2.24, 2.45) is 0 Å². The number of nitrogen functional groups attached to an aromatic ring is 1. The molecule has 7 nitrogen and oxygen atoms in total. The molecule has 0 aliphatic carbocycles. The average molecular weight is 301 g/mol. The van der Waals surface area contributed by atoms with Crippen molar-refractivity contribution in [3.05, 3.63) is 45.7 Å². The summed E-state index contributed by atoms with van der Waals surface area (Å²) < 4.78 is 26.3. The van der Waals surface area contributed by atoms with Crippen molar-refractivity contribution < 1.29 is 8.42 Å². The minimum atomic E-state index is -3.90. The van der Waals surface area contributed by atoms with Gasteiger partial charge in [0.15, 0.2) is 5.82 Å². The monoisotopic (exact) mass is 300 g/mol. The van der Waals surface area contributed by atoms with Crippen molar-refractivity contribution in [2.75, 3.05) is 10.5 Å². The topological polar surface area (TPSA) is 118 Å². The first-order valence-electron chi connectivity index (χ1n) is 5.02. The molecular formula is C10H9ClN4O3S. The van der Waals surface area contributed by atoms with Crippen LogP contribution in [0.25, 0.3) is 0 Å². The fraction of sp³-hybridized carbons (Fsp3) is 0. The molecule has 2 rings (SSSR count). The van der Waals surface area contributed by atoms with E-state index in [4.69, 9.17) is 17.3 Å². The molecule has 1 heterocycles. The van der Waals surface area contributed by atoms with Crippen LogP contribution in [-0.4, -0.2) is 18.6 Å². The predicted octanol–water partition coefficient (Wildman–Crippen LogP) is 0.806. The van der Waals surface area contributed by atoms with E-state index in [1.165, 1.54) is 24.3 Å². The normalized spacial score (nSPS) is 11.2. The van der Waals surface area contributed by atoms with Gasteiger partial charge in [-0.3, -0.25) is 9.52 Å². The van der Waals surface area contributed by atoms with Crippen LogP contribution in [0.5, 0.6) is 0 Å². The van der Waals surface area contributed by atoms with Gasteiger partial charge >= 0.3 is 0 Å². The number of sulfonamides is 1. The summed E-state index contributed by atoms with van der Waals surface area (Å²) in [6, 6.07) is 6.42. The van der Waals surface area contributed by atoms with Gasteiger partial charge in [-0.15, -0.1) is 0 Å². The number of benzene rings is 1. The summed E-state index contributed by atoms with van der Waals surface area (Å²) in [7, 11) is -3.90. The van der Waals surface area contributed by atoms with Gasteiger partial charge in [0.2, 0.25) is 0 Å². The lowest BCUT2D eigenvalue weighted by molar-refractivity contribution is 0.601. The fourth-order valence-corrected chi connectivity index (χ4v) is 2.88. The first-order chi connectivity index (χ1) is 8.88. The third kappa shape index (κ3) is 3.04. The van der Waals surface area contributed by atoms with Crippen LogP contribution < -0.4 is 16.0 Å². The Morgan fingerprint density at radius 3 is 2.58 bits per heavy atom. The molecule has 0 aliphatic heterocycles. The Balaban J connectivity index is 2.37. The molecule has 0 saturated carbocycles. The van der Waals surface area contributed by atoms with Gasteiger partial charge in [-0.25, -0.2) is 13.5 Å². The zero-order valence-electron chi connectivity index (χ0n) is 9.42. The summed E-state index contributed by atoms with van der Waals surface area (Å²) >= 11 is 5.83. The third-order valence-corrected chi connectivity index (χ3v) is 4.00. The highest BCUT2D eigenvalue weighted by atomic mass is 35.5. The Kier molecular flexibility index (Phi) is 3.45. The van der Waals surface area contributed by atoms with Crippen molar-refractivity contribution >= 4 is 33.1 Å². The number of hydrogen-bond acceptors (Lipinski definition) is 5. The molecule has 100 valence electrons. The predicted molar refractivity (Wildman–Crippen MR) is 71.5 cm³/mol. The number of nitrogens with zero attached hydrogens (tertiary/aromatic N) is 1. The van der Waals surface area contributed by atoms with Gasteiger partial charge < -0.3 is 5.73 Å². The first-order valence-corrected chi connectivity index (χ1v) is 6.88. The van der Waals surface area contributed by atoms with E-state index in [-0.39, 0.29) is 15.7 Å². The summed E-state index contributed by atoms with van der Waals surface area (Å²) in [5.74, 6) is -0.0208. The molecule has 9 heteroatoms. The quantitative estimate of drug-likeness (QED) is 0.725. The third-order valence-electron chi connectivity index (χ3n) is 2.16. The highest BCUT2D eigenvalue weighted by Gasteiger charge is 2.18. The van der Waals surface area contributed by atoms with Gasteiger partial charge in [0.25, 0.3) is 15.6 Å². The maximum absolute atomic E-state index is 12.1. The number of anilines is 2. The standard InChI is InChI=1S/C10H9ClN4O3S/c11-7-5-6(12)1-2-8(7)19(17,18)15-9-3-4-10(16)14-13-9/h1-5H,12H2,(H,13,15)(H,14,16). The number of aromatic amines is 1. The number of nitrogens with two attached hydrogens (primary N) is 1. The van der Waals surface area contributed by atoms with Crippen LogP contribution >= 0.6 is 11.6 Å². The van der Waals surface area contributed by atoms with E-state index in [0.717, 1.165) is 6.07 Å². The van der Waals surface area contributed by atoms with Crippen LogP contribution in [0.1, 0.15) is 0 Å². The van der Waals surface area contributed by atoms with Crippen molar-refractivity contribution in [2.45, 2.75) is 4.90 Å². The molecular weight excluding hydrogens is 292 g/mol. The minimum Gasteiger partial charge on any atom is -0.399 e. The highest BCUT2D eigenvalue weighted by Crippen LogP contribution is 2.24. The lowest BCUT2D eigenvalue weighted by atomic mass is 10.3. The van der Waals surface area contributed by atoms with Crippen LogP contribution in [0.15, 0.2) is 40.0 Å². The molecule has 4 N–H and O–H groups in total. The molecule has 0 aliphatic rings. The summed E-state index contributed by atoms with van der Waals surface area (Å²) in [5.41, 5.74) is 5.40. The zero-order chi connectivity index (χ0) is 14.0. The SMILES string of the molecule is Nc1ccc(S(=O)(=O)Nc2ccc(=O)[nH]n2)c(Cl)c1. The average Bonchev–Trinajstić information content (AvgIpc) is 2.31. The second-order valence-electron chi connectivity index (χ2n) is 3.60. The van der Waals surface area contributed by atoms with E-state index < -0.39 is 15.6 Å². The second-order valence-corrected chi connectivity index (χ2v) is 5.66. The van der Waals surface area contributed by atoms with Gasteiger partial charge in [0.05, 0.1) is 5.02 Å². The summed E-state index contributed by atoms with van der Waals surface area (Å²) in [6.07, 6.45) is 0. The number of aromatic nitrogens is 2. The van der Waals surface area contributed by atoms with E-state index in [2.05, 4.69) is 14.9 Å². The Bertz CT molecular complexity index is 752. The van der Waals surface area contributed by atoms with E-state index in [0.29, 0.717) is 5.69 Å². The molecule has 2 aromatic rings. The van der Waals surface area contributed by atoms with Gasteiger partial charge in [0, 0.05) is 11.8 Å². The smallest absolute Gasteiger partial charge is 0.264 e. The van der Waals surface area contributed by atoms with Crippen LogP contribution in [0.2, 0.25) is 5.02 Å². The molecule has 0 radical (unpaired) electrons. The van der Waals surface area contributed by atoms with Crippen LogP contribution in [-0.2, 0) is 10.0 Å². The van der Waals surface area contributed by atoms with Crippen molar-refractivity contribution in [3.63, 3.8) is 0 Å². The summed E-state index contributed by atoms with van der Waals surface area (Å²) in [6.45, 7) is 0. The fourth-order valence-electron chi connectivity index (χ4n) is 1.33. The van der Waals surface area contributed by atoms with Crippen LogP contribution in [0.3, 0.4) is 0 Å². The van der Waals surface area contributed by atoms with Crippen molar-refractivity contribution in [1.82, 2.24) is 10.2 Å². The molecule has 1 aromatic heterocycles. The Hall–Kier alpha value is -2.06. The number of rotatable bonds is 3. The van der Waals surface area contributed by atoms with Gasteiger partial charge in [-0.2, -0.15) is 5.10 Å². The maximum atomic E-state index is 12.1. The molecule has 19 heavy (non-hydrogen) atoms. The molecule has 0 spiro atoms. The summed E-state index contributed by atoms with van der Waals surface area (Å²) in [4.78, 5) is 10.7. The Labute approximate surface area is 113 Å². The maximum Gasteiger partial charge on any atom is 0.264 e. The Morgan fingerprint density at radius 2 is 2.00 bits per heavy atom. The van der Waals surface area contributed by atoms with Crippen molar-refractivity contribution in [3.8, 4) is 0 Å². The molecule has 0 saturated heterocycles. The number of halogens is 1. The van der Waals surface area contributed by atoms with Crippen LogP contribution in [0, 0.1) is 0 Å². The van der Waals surface area contributed by atoms with E-state index in [9.17, 15) is 13.2 Å². The van der Waals surface area contributed by atoms with Gasteiger partial charge in [0.1, 0.15) is 4.90 Å².